The number of imide groups is 2. The molecule has 2 fully saturated rings. The third-order valence-corrected chi connectivity index (χ3v) is 8.73. The molecule has 4 heterocycles. The van der Waals surface area contributed by atoms with Gasteiger partial charge in [0.25, 0.3) is 11.8 Å². The minimum atomic E-state index is -0.971. The van der Waals surface area contributed by atoms with Crippen LogP contribution < -0.4 is 10.6 Å². The molecule has 44 heavy (non-hydrogen) atoms. The van der Waals surface area contributed by atoms with Gasteiger partial charge in [-0.05, 0) is 68.4 Å². The van der Waals surface area contributed by atoms with Crippen molar-refractivity contribution in [3.8, 4) is 17.3 Å². The fourth-order valence-electron chi connectivity index (χ4n) is 6.29. The van der Waals surface area contributed by atoms with Crippen molar-refractivity contribution in [2.45, 2.75) is 50.6 Å². The number of rotatable bonds is 8. The van der Waals surface area contributed by atoms with Gasteiger partial charge in [-0.1, -0.05) is 6.07 Å². The summed E-state index contributed by atoms with van der Waals surface area (Å²) in [5.41, 5.74) is 4.61. The van der Waals surface area contributed by atoms with Crippen molar-refractivity contribution in [3.05, 3.63) is 71.7 Å². The summed E-state index contributed by atoms with van der Waals surface area (Å²) in [5, 5.41) is 19.5. The standard InChI is InChI=1S/C32H28N8O4/c33-14-19-4-1-5-25-29(19)37-26(16-35-25)20-15-36-39(17-20)22-11-18(12-22)3-2-10-34-21-6-7-23-24(13-21)32(44)40(31(23)43)27-8-9-28(41)38-30(27)42/h1,4-7,13,15-18,22,27,34H,2-3,8-12H2,(H,38,41,42)/t18-,22-,27?. The lowest BCUT2D eigenvalue weighted by atomic mass is 9.77. The average Bonchev–Trinajstić information content (AvgIpc) is 3.58. The second kappa shape index (κ2) is 11.0. The largest absolute Gasteiger partial charge is 0.385 e. The fraction of sp³-hybridized carbons (Fsp3) is 0.312. The number of hydrogen-bond acceptors (Lipinski definition) is 9. The van der Waals surface area contributed by atoms with Crippen LogP contribution in [-0.4, -0.2) is 60.9 Å². The molecule has 0 spiro atoms. The van der Waals surface area contributed by atoms with Gasteiger partial charge in [-0.3, -0.25) is 39.1 Å². The summed E-state index contributed by atoms with van der Waals surface area (Å²) >= 11 is 0. The molecule has 220 valence electrons. The highest BCUT2D eigenvalue weighted by Crippen LogP contribution is 2.40. The number of nitrogens with one attached hydrogen (secondary N) is 2. The second-order valence-electron chi connectivity index (χ2n) is 11.5. The van der Waals surface area contributed by atoms with Gasteiger partial charge in [-0.2, -0.15) is 10.4 Å². The van der Waals surface area contributed by atoms with Gasteiger partial charge in [0.05, 0.1) is 46.3 Å². The molecule has 4 amide bonds. The number of carbonyl (C=O) groups excluding carboxylic acids is 4. The summed E-state index contributed by atoms with van der Waals surface area (Å²) in [6.07, 6.45) is 9.79. The molecule has 4 aromatic rings. The summed E-state index contributed by atoms with van der Waals surface area (Å²) in [6, 6.07) is 12.0. The van der Waals surface area contributed by atoms with Crippen molar-refractivity contribution in [3.63, 3.8) is 0 Å². The number of anilines is 1. The van der Waals surface area contributed by atoms with E-state index in [9.17, 15) is 24.4 Å². The van der Waals surface area contributed by atoms with Gasteiger partial charge in [0.2, 0.25) is 11.8 Å². The number of nitrogens with zero attached hydrogens (tertiary/aromatic N) is 6. The van der Waals surface area contributed by atoms with Crippen LogP contribution in [0, 0.1) is 17.2 Å². The first kappa shape index (κ1) is 27.4. The molecule has 2 aromatic carbocycles. The van der Waals surface area contributed by atoms with E-state index in [0.717, 1.165) is 48.4 Å². The van der Waals surface area contributed by atoms with Crippen LogP contribution in [0.15, 0.2) is 55.0 Å². The van der Waals surface area contributed by atoms with E-state index in [0.29, 0.717) is 34.3 Å². The molecule has 0 bridgehead atoms. The van der Waals surface area contributed by atoms with Crippen molar-refractivity contribution in [1.82, 2.24) is 30.0 Å². The van der Waals surface area contributed by atoms with Gasteiger partial charge in [0.1, 0.15) is 17.6 Å². The highest BCUT2D eigenvalue weighted by molar-refractivity contribution is 6.23. The van der Waals surface area contributed by atoms with E-state index in [2.05, 4.69) is 31.8 Å². The van der Waals surface area contributed by atoms with Crippen LogP contribution >= 0.6 is 0 Å². The molecule has 7 rings (SSSR count). The zero-order valence-electron chi connectivity index (χ0n) is 23.7. The van der Waals surface area contributed by atoms with Crippen LogP contribution in [0.4, 0.5) is 5.69 Å². The van der Waals surface area contributed by atoms with E-state index in [1.165, 1.54) is 0 Å². The number of aromatic nitrogens is 4. The van der Waals surface area contributed by atoms with Gasteiger partial charge in [-0.15, -0.1) is 0 Å². The van der Waals surface area contributed by atoms with Crippen molar-refractivity contribution in [1.29, 1.82) is 5.26 Å². The van der Waals surface area contributed by atoms with Gasteiger partial charge < -0.3 is 5.32 Å². The normalized spacial score (nSPS) is 21.2. The minimum Gasteiger partial charge on any atom is -0.385 e. The molecule has 1 saturated carbocycles. The summed E-state index contributed by atoms with van der Waals surface area (Å²) in [7, 11) is 0. The van der Waals surface area contributed by atoms with Crippen LogP contribution in [0.1, 0.15) is 70.8 Å². The molecule has 1 saturated heterocycles. The van der Waals surface area contributed by atoms with Crippen LogP contribution in [0.2, 0.25) is 0 Å². The highest BCUT2D eigenvalue weighted by atomic mass is 16.2. The van der Waals surface area contributed by atoms with Gasteiger partial charge in [0, 0.05) is 30.4 Å². The van der Waals surface area contributed by atoms with E-state index in [1.807, 2.05) is 16.9 Å². The predicted octanol–water partition coefficient (Wildman–Crippen LogP) is 3.61. The molecule has 1 atom stereocenters. The van der Waals surface area contributed by atoms with E-state index in [-0.39, 0.29) is 24.0 Å². The Hall–Kier alpha value is -5.44. The van der Waals surface area contributed by atoms with Gasteiger partial charge >= 0.3 is 0 Å². The van der Waals surface area contributed by atoms with Gasteiger partial charge in [-0.25, -0.2) is 4.98 Å². The summed E-state index contributed by atoms with van der Waals surface area (Å²) in [4.78, 5) is 59.8. The van der Waals surface area contributed by atoms with Crippen molar-refractivity contribution in [2.75, 3.05) is 11.9 Å². The highest BCUT2D eigenvalue weighted by Gasteiger charge is 2.44. The van der Waals surface area contributed by atoms with E-state index in [1.54, 1.807) is 42.7 Å². The molecule has 1 unspecified atom stereocenters. The number of benzene rings is 2. The van der Waals surface area contributed by atoms with Crippen LogP contribution in [0.25, 0.3) is 22.3 Å². The smallest absolute Gasteiger partial charge is 0.262 e. The third kappa shape index (κ3) is 4.86. The Morgan fingerprint density at radius 2 is 1.89 bits per heavy atom. The lowest BCUT2D eigenvalue weighted by Gasteiger charge is -2.35. The minimum absolute atomic E-state index is 0.0900. The third-order valence-electron chi connectivity index (χ3n) is 8.73. The zero-order chi connectivity index (χ0) is 30.4. The Morgan fingerprint density at radius 3 is 2.70 bits per heavy atom. The summed E-state index contributed by atoms with van der Waals surface area (Å²) in [6.45, 7) is 0.718. The molecule has 1 aliphatic carbocycles. The maximum absolute atomic E-state index is 13.0. The van der Waals surface area contributed by atoms with E-state index < -0.39 is 29.7 Å². The van der Waals surface area contributed by atoms with Crippen molar-refractivity contribution >= 4 is 40.3 Å². The molecule has 0 radical (unpaired) electrons. The second-order valence-corrected chi connectivity index (χ2v) is 11.5. The molecular weight excluding hydrogens is 560 g/mol. The number of carbonyl (C=O) groups is 4. The molecule has 12 heteroatoms. The molecule has 2 aromatic heterocycles. The lowest BCUT2D eigenvalue weighted by Crippen LogP contribution is -2.54. The van der Waals surface area contributed by atoms with E-state index in [4.69, 9.17) is 0 Å². The zero-order valence-corrected chi connectivity index (χ0v) is 23.7. The fourth-order valence-corrected chi connectivity index (χ4v) is 6.29. The van der Waals surface area contributed by atoms with Crippen LogP contribution in [-0.2, 0) is 9.59 Å². The quantitative estimate of drug-likeness (QED) is 0.231. The predicted molar refractivity (Wildman–Crippen MR) is 158 cm³/mol. The average molecular weight is 589 g/mol. The summed E-state index contributed by atoms with van der Waals surface area (Å²) < 4.78 is 1.99. The maximum Gasteiger partial charge on any atom is 0.262 e. The first-order chi connectivity index (χ1) is 21.4. The Balaban J connectivity index is 0.897. The first-order valence-electron chi connectivity index (χ1n) is 14.7. The van der Waals surface area contributed by atoms with Crippen molar-refractivity contribution < 1.29 is 19.2 Å². The Morgan fingerprint density at radius 1 is 1.05 bits per heavy atom. The van der Waals surface area contributed by atoms with E-state index >= 15 is 0 Å². The monoisotopic (exact) mass is 588 g/mol. The number of hydrogen-bond donors (Lipinski definition) is 2. The summed E-state index contributed by atoms with van der Waals surface area (Å²) in [5.74, 6) is -1.44. The molecular formula is C32H28N8O4. The number of nitriles is 1. The number of para-hydroxylation sites is 1. The molecule has 2 aliphatic heterocycles. The topological polar surface area (TPSA) is 163 Å². The lowest BCUT2D eigenvalue weighted by molar-refractivity contribution is -0.136. The first-order valence-corrected chi connectivity index (χ1v) is 14.7. The van der Waals surface area contributed by atoms with Crippen LogP contribution in [0.5, 0.6) is 0 Å². The van der Waals surface area contributed by atoms with Crippen LogP contribution in [0.3, 0.4) is 0 Å². The maximum atomic E-state index is 13.0. The number of amides is 4. The SMILES string of the molecule is N#Cc1cccc2ncc(-c3cnn([C@H]4C[C@H](CCCNc5ccc6c(c5)C(=O)N(C5CCC(=O)NC5=O)C6=O)C4)c3)nc12. The number of fused-ring (bicyclic) bond motifs is 2. The molecule has 2 N–H and O–H groups in total. The number of piperidine rings is 1. The molecule has 12 nitrogen and oxygen atoms in total. The molecule has 3 aliphatic rings. The Labute approximate surface area is 252 Å². The Bertz CT molecular complexity index is 1890. The Kier molecular flexibility index (Phi) is 6.85. The van der Waals surface area contributed by atoms with Crippen molar-refractivity contribution in [2.24, 2.45) is 5.92 Å². The van der Waals surface area contributed by atoms with Gasteiger partial charge in [0.15, 0.2) is 0 Å².